The van der Waals surface area contributed by atoms with Crippen LogP contribution in [0.25, 0.3) is 229 Å². The van der Waals surface area contributed by atoms with Crippen molar-refractivity contribution in [3.05, 3.63) is 437 Å². The average Bonchev–Trinajstić information content (AvgIpc) is 0.723. The largest absolute Gasteiger partial charge is 0.0622 e. The van der Waals surface area contributed by atoms with Gasteiger partial charge in [-0.05, 0) is 272 Å². The van der Waals surface area contributed by atoms with Gasteiger partial charge >= 0.3 is 0 Å². The predicted molar refractivity (Wildman–Crippen MR) is 492 cm³/mol. The lowest BCUT2D eigenvalue weighted by Gasteiger charge is -2.19. The molecule has 0 heteroatoms. The van der Waals surface area contributed by atoms with Crippen molar-refractivity contribution < 1.29 is 0 Å². The van der Waals surface area contributed by atoms with Crippen LogP contribution in [0.5, 0.6) is 0 Å². The highest BCUT2D eigenvalue weighted by Crippen LogP contribution is 2.50. The summed E-state index contributed by atoms with van der Waals surface area (Å²) >= 11 is 0. The normalized spacial score (nSPS) is 11.7. The standard InChI is InChI=1S/C60H38.C54H34/c1-2-13-39(14-3-1)43-15-12-16-44(35-43)40-25-27-41(28-26-40)45-31-29-42-30-32-46(37-48(42)36-45)59-54-21-8-10-23-56(54)60(57-24-11-9-22-55(57)59)47-33-34-53-51-19-5-4-17-49(51)50-18-6-7-20-52(50)58(53)38-47;1-2-14-36(15-3-1)41-16-4-5-17-42(41)37-28-26-35-27-29-38(33-40(35)32-37)53-48-22-10-12-24-50(48)54(51-25-13-11-23-49(51)53)39-30-31-47-45-20-7-6-18-43(45)44-19-8-9-21-46(44)52(47)34-39/h1-38H;1-34H. The second-order valence-corrected chi connectivity index (χ2v) is 30.4. The first-order valence-electron chi connectivity index (χ1n) is 39.6. The van der Waals surface area contributed by atoms with E-state index < -0.39 is 0 Å². The lowest BCUT2D eigenvalue weighted by Crippen LogP contribution is -1.92. The molecule has 0 aliphatic carbocycles. The molecular formula is C114H72. The third-order valence-corrected chi connectivity index (χ3v) is 24.0. The molecule has 0 aliphatic rings. The third-order valence-electron chi connectivity index (χ3n) is 24.0. The number of hydrogen-bond donors (Lipinski definition) is 0. The summed E-state index contributed by atoms with van der Waals surface area (Å²) in [5.74, 6) is 0. The molecule has 528 valence electrons. The summed E-state index contributed by atoms with van der Waals surface area (Å²) in [6.45, 7) is 0. The van der Waals surface area contributed by atoms with Crippen molar-refractivity contribution in [2.75, 3.05) is 0 Å². The first-order valence-corrected chi connectivity index (χ1v) is 39.6. The van der Waals surface area contributed by atoms with Gasteiger partial charge in [0.1, 0.15) is 0 Å². The summed E-state index contributed by atoms with van der Waals surface area (Å²) in [7, 11) is 0. The van der Waals surface area contributed by atoms with Gasteiger partial charge in [-0.25, -0.2) is 0 Å². The van der Waals surface area contributed by atoms with E-state index in [1.54, 1.807) is 0 Å². The molecule has 0 radical (unpaired) electrons. The summed E-state index contributed by atoms with van der Waals surface area (Å²) in [6.07, 6.45) is 0. The maximum absolute atomic E-state index is 2.43. The molecule has 0 nitrogen and oxygen atoms in total. The van der Waals surface area contributed by atoms with Gasteiger partial charge in [0.25, 0.3) is 0 Å². The van der Waals surface area contributed by atoms with Crippen LogP contribution < -0.4 is 0 Å². The zero-order valence-corrected chi connectivity index (χ0v) is 62.6. The Morgan fingerprint density at radius 1 is 0.0877 bits per heavy atom. The van der Waals surface area contributed by atoms with Gasteiger partial charge in [-0.15, -0.1) is 0 Å². The Morgan fingerprint density at radius 2 is 0.298 bits per heavy atom. The summed E-state index contributed by atoms with van der Waals surface area (Å²) in [5.41, 5.74) is 22.3. The molecule has 0 saturated carbocycles. The third kappa shape index (κ3) is 11.3. The fourth-order valence-electron chi connectivity index (χ4n) is 18.7. The number of rotatable bonds is 9. The van der Waals surface area contributed by atoms with Gasteiger partial charge in [-0.3, -0.25) is 0 Å². The van der Waals surface area contributed by atoms with Crippen molar-refractivity contribution in [3.8, 4) is 100 Å². The van der Waals surface area contributed by atoms with Crippen LogP contribution in [0.2, 0.25) is 0 Å². The average molecular weight is 1440 g/mol. The van der Waals surface area contributed by atoms with Crippen molar-refractivity contribution >= 4 is 129 Å². The van der Waals surface area contributed by atoms with E-state index in [2.05, 4.69) is 437 Å². The van der Waals surface area contributed by atoms with E-state index in [9.17, 15) is 0 Å². The van der Waals surface area contributed by atoms with Crippen molar-refractivity contribution in [1.82, 2.24) is 0 Å². The summed E-state index contributed by atoms with van der Waals surface area (Å²) < 4.78 is 0. The topological polar surface area (TPSA) is 0 Å². The second-order valence-electron chi connectivity index (χ2n) is 30.4. The number of benzene rings is 23. The minimum atomic E-state index is 1.21. The minimum absolute atomic E-state index is 1.21. The first kappa shape index (κ1) is 66.2. The van der Waals surface area contributed by atoms with Crippen LogP contribution in [0.3, 0.4) is 0 Å². The first-order chi connectivity index (χ1) is 56.5. The lowest BCUT2D eigenvalue weighted by atomic mass is 9.84. The van der Waals surface area contributed by atoms with Crippen LogP contribution in [0.4, 0.5) is 0 Å². The second kappa shape index (κ2) is 27.6. The van der Waals surface area contributed by atoms with Crippen molar-refractivity contribution in [3.63, 3.8) is 0 Å². The van der Waals surface area contributed by atoms with E-state index in [4.69, 9.17) is 0 Å². The van der Waals surface area contributed by atoms with Crippen LogP contribution in [0, 0.1) is 0 Å². The number of hydrogen-bond acceptors (Lipinski definition) is 0. The fraction of sp³-hybridized carbons (Fsp3) is 0. The molecule has 0 amide bonds. The Kier molecular flexibility index (Phi) is 16.0. The Labute approximate surface area is 661 Å². The fourth-order valence-corrected chi connectivity index (χ4v) is 18.7. The molecule has 114 heavy (non-hydrogen) atoms. The summed E-state index contributed by atoms with van der Waals surface area (Å²) in [4.78, 5) is 0. The van der Waals surface area contributed by atoms with Gasteiger partial charge in [0.05, 0.1) is 0 Å². The molecule has 23 aromatic rings. The van der Waals surface area contributed by atoms with Crippen molar-refractivity contribution in [2.45, 2.75) is 0 Å². The zero-order chi connectivity index (χ0) is 75.2. The summed E-state index contributed by atoms with van der Waals surface area (Å²) in [6, 6.07) is 161. The maximum Gasteiger partial charge on any atom is -0.00261 e. The van der Waals surface area contributed by atoms with Gasteiger partial charge in [-0.2, -0.15) is 0 Å². The maximum atomic E-state index is 2.43. The molecule has 23 aromatic carbocycles. The van der Waals surface area contributed by atoms with E-state index in [-0.39, 0.29) is 0 Å². The zero-order valence-electron chi connectivity index (χ0n) is 62.6. The molecule has 0 saturated heterocycles. The van der Waals surface area contributed by atoms with Crippen molar-refractivity contribution in [1.29, 1.82) is 0 Å². The predicted octanol–water partition coefficient (Wildman–Crippen LogP) is 32.2. The van der Waals surface area contributed by atoms with Gasteiger partial charge in [-0.1, -0.05) is 394 Å². The minimum Gasteiger partial charge on any atom is -0.0622 e. The molecule has 0 heterocycles. The molecule has 0 aromatic heterocycles. The SMILES string of the molecule is c1ccc(-c2cccc(-c3ccc(-c4ccc5ccc(-c6c7ccccc7c(-c7ccc8c9ccccc9c9ccccc9c8c7)c7ccccc67)cc5c4)cc3)c2)cc1.c1ccc(-c2ccccc2-c2ccc3ccc(-c4c5ccccc5c(-c5ccc6c7ccccc7c7ccccc7c6c5)c5ccccc45)cc3c2)cc1. The Hall–Kier alpha value is -14.8. The van der Waals surface area contributed by atoms with E-state index in [0.29, 0.717) is 0 Å². The molecule has 0 bridgehead atoms. The van der Waals surface area contributed by atoms with E-state index in [0.717, 1.165) is 0 Å². The van der Waals surface area contributed by atoms with Gasteiger partial charge < -0.3 is 0 Å². The van der Waals surface area contributed by atoms with Crippen LogP contribution in [-0.2, 0) is 0 Å². The molecule has 0 aliphatic heterocycles. The van der Waals surface area contributed by atoms with Gasteiger partial charge in [0, 0.05) is 0 Å². The Morgan fingerprint density at radius 3 is 0.658 bits per heavy atom. The molecule has 23 rings (SSSR count). The van der Waals surface area contributed by atoms with Crippen LogP contribution >= 0.6 is 0 Å². The highest BCUT2D eigenvalue weighted by molar-refractivity contribution is 6.30. The van der Waals surface area contributed by atoms with E-state index in [1.807, 2.05) is 0 Å². The Bertz CT molecular complexity index is 7630. The summed E-state index contributed by atoms with van der Waals surface area (Å²) in [5, 5.41) is 30.6. The van der Waals surface area contributed by atoms with Crippen molar-refractivity contribution in [2.24, 2.45) is 0 Å². The van der Waals surface area contributed by atoms with E-state index >= 15 is 0 Å². The Balaban J connectivity index is 0.000000140. The smallest absolute Gasteiger partial charge is 0.00261 e. The van der Waals surface area contributed by atoms with Crippen LogP contribution in [-0.4, -0.2) is 0 Å². The highest BCUT2D eigenvalue weighted by atomic mass is 14.3. The van der Waals surface area contributed by atoms with Crippen LogP contribution in [0.1, 0.15) is 0 Å². The molecule has 0 fully saturated rings. The quantitative estimate of drug-likeness (QED) is 0.0998. The van der Waals surface area contributed by atoms with Gasteiger partial charge in [0.15, 0.2) is 0 Å². The molecular weight excluding hydrogens is 1370 g/mol. The molecule has 0 N–H and O–H groups in total. The molecule has 0 atom stereocenters. The molecule has 0 spiro atoms. The number of fused-ring (bicyclic) bond motifs is 18. The van der Waals surface area contributed by atoms with Gasteiger partial charge in [0.2, 0.25) is 0 Å². The lowest BCUT2D eigenvalue weighted by molar-refractivity contribution is 1.58. The van der Waals surface area contributed by atoms with Crippen LogP contribution in [0.15, 0.2) is 437 Å². The van der Waals surface area contributed by atoms with E-state index in [1.165, 1.54) is 229 Å². The molecule has 0 unspecified atom stereocenters. The monoisotopic (exact) mass is 1440 g/mol. The highest BCUT2D eigenvalue weighted by Gasteiger charge is 2.22.